The molecule has 3 rings (SSSR count). The van der Waals surface area contributed by atoms with E-state index in [0.717, 1.165) is 11.1 Å². The number of methoxy groups -OCH3 is 3. The number of nitrogen functional groups attached to an aromatic ring is 1. The molecule has 130 valence electrons. The van der Waals surface area contributed by atoms with E-state index in [2.05, 4.69) is 10.1 Å². The summed E-state index contributed by atoms with van der Waals surface area (Å²) in [4.78, 5) is 4.48. The maximum atomic E-state index is 5.95. The van der Waals surface area contributed by atoms with E-state index in [-0.39, 0.29) is 0 Å². The van der Waals surface area contributed by atoms with Gasteiger partial charge in [0.15, 0.2) is 11.5 Å². The molecule has 0 radical (unpaired) electrons. The van der Waals surface area contributed by atoms with E-state index in [1.165, 1.54) is 0 Å². The largest absolute Gasteiger partial charge is 0.493 e. The molecule has 0 spiro atoms. The lowest BCUT2D eigenvalue weighted by molar-refractivity contribution is 0.324. The van der Waals surface area contributed by atoms with Crippen molar-refractivity contribution in [2.75, 3.05) is 27.1 Å². The second-order valence-electron chi connectivity index (χ2n) is 5.32. The molecule has 0 bridgehead atoms. The first-order chi connectivity index (χ1) is 12.1. The first-order valence-corrected chi connectivity index (χ1v) is 7.59. The minimum atomic E-state index is 0.314. The van der Waals surface area contributed by atoms with Crippen molar-refractivity contribution >= 4 is 5.69 Å². The predicted molar refractivity (Wildman–Crippen MR) is 94.0 cm³/mol. The van der Waals surface area contributed by atoms with Gasteiger partial charge in [0.25, 0.3) is 5.89 Å². The lowest BCUT2D eigenvalue weighted by Crippen LogP contribution is -1.97. The molecule has 25 heavy (non-hydrogen) atoms. The number of rotatable bonds is 5. The summed E-state index contributed by atoms with van der Waals surface area (Å²) in [6.07, 6.45) is 0. The number of hydrogen-bond acceptors (Lipinski definition) is 7. The van der Waals surface area contributed by atoms with Crippen LogP contribution in [-0.2, 0) is 0 Å². The van der Waals surface area contributed by atoms with Gasteiger partial charge < -0.3 is 24.5 Å². The van der Waals surface area contributed by atoms with Crippen LogP contribution in [0.5, 0.6) is 17.2 Å². The fourth-order valence-corrected chi connectivity index (χ4v) is 2.61. The number of nitrogens with two attached hydrogens (primary N) is 1. The molecule has 2 N–H and O–H groups in total. The van der Waals surface area contributed by atoms with Crippen LogP contribution in [0.3, 0.4) is 0 Å². The van der Waals surface area contributed by atoms with Crippen LogP contribution in [0.15, 0.2) is 34.9 Å². The van der Waals surface area contributed by atoms with E-state index >= 15 is 0 Å². The molecule has 0 atom stereocenters. The van der Waals surface area contributed by atoms with E-state index in [1.54, 1.807) is 33.5 Å². The molecule has 7 nitrogen and oxygen atoms in total. The van der Waals surface area contributed by atoms with Crippen molar-refractivity contribution in [3.63, 3.8) is 0 Å². The van der Waals surface area contributed by atoms with Gasteiger partial charge in [-0.25, -0.2) is 0 Å². The highest BCUT2D eigenvalue weighted by Gasteiger charge is 2.22. The van der Waals surface area contributed by atoms with Crippen LogP contribution >= 0.6 is 0 Å². The summed E-state index contributed by atoms with van der Waals surface area (Å²) in [6, 6.07) is 9.12. The SMILES string of the molecule is COc1ccc(-c2nc(-c3cccc(N)c3C)no2)c(OC)c1OC. The molecule has 0 aliphatic rings. The van der Waals surface area contributed by atoms with Crippen LogP contribution in [0.4, 0.5) is 5.69 Å². The third-order valence-electron chi connectivity index (χ3n) is 3.98. The number of nitrogens with zero attached hydrogens (tertiary/aromatic N) is 2. The Kier molecular flexibility index (Phi) is 4.47. The van der Waals surface area contributed by atoms with E-state index < -0.39 is 0 Å². The molecule has 0 aliphatic carbocycles. The number of hydrogen-bond donors (Lipinski definition) is 1. The van der Waals surface area contributed by atoms with Gasteiger partial charge in [-0.15, -0.1) is 0 Å². The zero-order valence-corrected chi connectivity index (χ0v) is 14.5. The number of ether oxygens (including phenoxy) is 3. The van der Waals surface area contributed by atoms with Crippen LogP contribution in [0.1, 0.15) is 5.56 Å². The summed E-state index contributed by atoms with van der Waals surface area (Å²) < 4.78 is 21.6. The van der Waals surface area contributed by atoms with Gasteiger partial charge in [-0.1, -0.05) is 17.3 Å². The maximum absolute atomic E-state index is 5.95. The van der Waals surface area contributed by atoms with Gasteiger partial charge in [-0.3, -0.25) is 0 Å². The van der Waals surface area contributed by atoms with E-state index in [1.807, 2.05) is 25.1 Å². The van der Waals surface area contributed by atoms with Crippen molar-refractivity contribution in [2.24, 2.45) is 0 Å². The fraction of sp³-hybridized carbons (Fsp3) is 0.222. The predicted octanol–water partition coefficient (Wildman–Crippen LogP) is 3.32. The van der Waals surface area contributed by atoms with Crippen molar-refractivity contribution in [1.29, 1.82) is 0 Å². The molecule has 1 aromatic heterocycles. The Morgan fingerprint density at radius 1 is 0.920 bits per heavy atom. The third kappa shape index (κ3) is 2.84. The minimum Gasteiger partial charge on any atom is -0.493 e. The normalized spacial score (nSPS) is 10.6. The first kappa shape index (κ1) is 16.6. The molecule has 0 unspecified atom stereocenters. The van der Waals surface area contributed by atoms with Gasteiger partial charge in [0.1, 0.15) is 0 Å². The molecule has 0 amide bonds. The first-order valence-electron chi connectivity index (χ1n) is 7.59. The van der Waals surface area contributed by atoms with Crippen LogP contribution in [0.25, 0.3) is 22.8 Å². The van der Waals surface area contributed by atoms with Gasteiger partial charge in [-0.05, 0) is 30.7 Å². The van der Waals surface area contributed by atoms with Crippen molar-refractivity contribution in [2.45, 2.75) is 6.92 Å². The van der Waals surface area contributed by atoms with E-state index in [4.69, 9.17) is 24.5 Å². The molecule has 0 saturated carbocycles. The second-order valence-corrected chi connectivity index (χ2v) is 5.32. The highest BCUT2D eigenvalue weighted by atomic mass is 16.5. The Hall–Kier alpha value is -3.22. The Labute approximate surface area is 145 Å². The van der Waals surface area contributed by atoms with Crippen molar-refractivity contribution in [3.05, 3.63) is 35.9 Å². The monoisotopic (exact) mass is 341 g/mol. The Morgan fingerprint density at radius 2 is 1.68 bits per heavy atom. The van der Waals surface area contributed by atoms with E-state index in [9.17, 15) is 0 Å². The second kappa shape index (κ2) is 6.72. The van der Waals surface area contributed by atoms with Gasteiger partial charge in [0.2, 0.25) is 11.6 Å². The van der Waals surface area contributed by atoms with E-state index in [0.29, 0.717) is 40.2 Å². The minimum absolute atomic E-state index is 0.314. The molecule has 0 saturated heterocycles. The summed E-state index contributed by atoms with van der Waals surface area (Å²) in [7, 11) is 4.64. The van der Waals surface area contributed by atoms with Gasteiger partial charge in [0.05, 0.1) is 26.9 Å². The lowest BCUT2D eigenvalue weighted by Gasteiger charge is -2.13. The lowest BCUT2D eigenvalue weighted by atomic mass is 10.1. The molecule has 1 heterocycles. The van der Waals surface area contributed by atoms with Crippen LogP contribution in [0.2, 0.25) is 0 Å². The zero-order valence-electron chi connectivity index (χ0n) is 14.5. The maximum Gasteiger partial charge on any atom is 0.262 e. The molecular weight excluding hydrogens is 322 g/mol. The topological polar surface area (TPSA) is 92.6 Å². The van der Waals surface area contributed by atoms with Crippen LogP contribution in [-0.4, -0.2) is 31.5 Å². The zero-order chi connectivity index (χ0) is 18.0. The van der Waals surface area contributed by atoms with Gasteiger partial charge in [0, 0.05) is 11.3 Å². The van der Waals surface area contributed by atoms with Crippen molar-refractivity contribution < 1.29 is 18.7 Å². The van der Waals surface area contributed by atoms with Crippen LogP contribution < -0.4 is 19.9 Å². The molecule has 0 aliphatic heterocycles. The molecular formula is C18H19N3O4. The summed E-state index contributed by atoms with van der Waals surface area (Å²) in [5.74, 6) is 2.24. The quantitative estimate of drug-likeness (QED) is 0.712. The number of aromatic nitrogens is 2. The molecule has 3 aromatic rings. The average Bonchev–Trinajstić information content (AvgIpc) is 3.12. The fourth-order valence-electron chi connectivity index (χ4n) is 2.61. The third-order valence-corrected chi connectivity index (χ3v) is 3.98. The molecule has 7 heteroatoms. The Morgan fingerprint density at radius 3 is 2.36 bits per heavy atom. The molecule has 0 fully saturated rings. The molecule has 2 aromatic carbocycles. The highest BCUT2D eigenvalue weighted by Crippen LogP contribution is 2.44. The Balaban J connectivity index is 2.10. The van der Waals surface area contributed by atoms with Gasteiger partial charge in [-0.2, -0.15) is 4.98 Å². The average molecular weight is 341 g/mol. The summed E-state index contributed by atoms with van der Waals surface area (Å²) in [5, 5.41) is 4.07. The van der Waals surface area contributed by atoms with Gasteiger partial charge >= 0.3 is 0 Å². The van der Waals surface area contributed by atoms with Crippen molar-refractivity contribution in [1.82, 2.24) is 10.1 Å². The summed E-state index contributed by atoms with van der Waals surface area (Å²) in [6.45, 7) is 1.91. The van der Waals surface area contributed by atoms with Crippen molar-refractivity contribution in [3.8, 4) is 40.1 Å². The summed E-state index contributed by atoms with van der Waals surface area (Å²) >= 11 is 0. The summed E-state index contributed by atoms with van der Waals surface area (Å²) in [5.41, 5.74) is 8.95. The van der Waals surface area contributed by atoms with Crippen LogP contribution in [0, 0.1) is 6.92 Å². The standard InChI is InChI=1S/C18H19N3O4/c1-10-11(6-5-7-13(10)19)17-20-18(25-21-17)12-8-9-14(22-2)16(24-4)15(12)23-3/h5-9H,19H2,1-4H3. The Bertz CT molecular complexity index is 905. The number of benzene rings is 2. The number of anilines is 1. The highest BCUT2D eigenvalue weighted by molar-refractivity contribution is 5.73. The smallest absolute Gasteiger partial charge is 0.262 e.